The van der Waals surface area contributed by atoms with Crippen LogP contribution in [0, 0.1) is 0 Å². The van der Waals surface area contributed by atoms with Gasteiger partial charge in [0.2, 0.25) is 0 Å². The van der Waals surface area contributed by atoms with Gasteiger partial charge >= 0.3 is 6.09 Å². The van der Waals surface area contributed by atoms with Crippen LogP contribution in [0.15, 0.2) is 35.3 Å². The molecule has 23 heavy (non-hydrogen) atoms. The first-order chi connectivity index (χ1) is 10.9. The molecule has 1 amide bonds. The van der Waals surface area contributed by atoms with Crippen LogP contribution in [0.4, 0.5) is 4.79 Å². The Bertz CT molecular complexity index is 498. The van der Waals surface area contributed by atoms with E-state index in [9.17, 15) is 4.79 Å². The van der Waals surface area contributed by atoms with E-state index in [0.29, 0.717) is 24.7 Å². The van der Waals surface area contributed by atoms with Gasteiger partial charge < -0.3 is 14.2 Å². The molecule has 0 fully saturated rings. The molecule has 0 aromatic heterocycles. The van der Waals surface area contributed by atoms with Gasteiger partial charge in [0, 0.05) is 7.11 Å². The molecule has 0 radical (unpaired) electrons. The Balaban J connectivity index is 2.51. The fraction of sp³-hybridized carbons (Fsp3) is 0.500. The third-order valence-corrected chi connectivity index (χ3v) is 2.42. The van der Waals surface area contributed by atoms with Gasteiger partial charge in [-0.05, 0) is 32.9 Å². The number of amidine groups is 1. The SMILES string of the molecule is COCCN=C(COc1ccccc1)NNC(=O)OC(C)(C)C. The van der Waals surface area contributed by atoms with Gasteiger partial charge in [0.1, 0.15) is 18.0 Å². The Kier molecular flexibility index (Phi) is 7.90. The molecule has 0 unspecified atom stereocenters. The number of aliphatic imine (C=N–C) groups is 1. The zero-order valence-electron chi connectivity index (χ0n) is 14.1. The van der Waals surface area contributed by atoms with Crippen molar-refractivity contribution in [3.8, 4) is 5.75 Å². The molecule has 0 aliphatic carbocycles. The molecule has 128 valence electrons. The van der Waals surface area contributed by atoms with Crippen molar-refractivity contribution in [1.29, 1.82) is 0 Å². The molecule has 7 nitrogen and oxygen atoms in total. The lowest BCUT2D eigenvalue weighted by atomic mass is 10.2. The number of hydrogen-bond donors (Lipinski definition) is 2. The first-order valence-corrected chi connectivity index (χ1v) is 7.36. The molecule has 1 aromatic carbocycles. The summed E-state index contributed by atoms with van der Waals surface area (Å²) in [7, 11) is 1.60. The monoisotopic (exact) mass is 323 g/mol. The Morgan fingerprint density at radius 3 is 2.48 bits per heavy atom. The van der Waals surface area contributed by atoms with Gasteiger partial charge in [-0.2, -0.15) is 0 Å². The van der Waals surface area contributed by atoms with E-state index in [1.54, 1.807) is 27.9 Å². The predicted molar refractivity (Wildman–Crippen MR) is 88.6 cm³/mol. The second kappa shape index (κ2) is 9.68. The van der Waals surface area contributed by atoms with Gasteiger partial charge in [-0.1, -0.05) is 18.2 Å². The summed E-state index contributed by atoms with van der Waals surface area (Å²) in [6.45, 7) is 6.48. The third kappa shape index (κ3) is 9.36. The standard InChI is InChI=1S/C16H25N3O4/c1-16(2,3)23-15(20)19-18-14(17-10-11-21-4)12-22-13-8-6-5-7-9-13/h5-9H,10-12H2,1-4H3,(H,17,18)(H,19,20). The molecule has 0 aliphatic heterocycles. The first-order valence-electron chi connectivity index (χ1n) is 7.36. The van der Waals surface area contributed by atoms with Gasteiger partial charge in [0.15, 0.2) is 5.84 Å². The number of carbonyl (C=O) groups is 1. The highest BCUT2D eigenvalue weighted by Gasteiger charge is 2.16. The molecule has 2 N–H and O–H groups in total. The fourth-order valence-corrected chi connectivity index (χ4v) is 1.49. The molecular weight excluding hydrogens is 298 g/mol. The number of ether oxygens (including phenoxy) is 3. The summed E-state index contributed by atoms with van der Waals surface area (Å²) in [4.78, 5) is 15.9. The summed E-state index contributed by atoms with van der Waals surface area (Å²) in [5.41, 5.74) is 4.59. The smallest absolute Gasteiger partial charge is 0.426 e. The highest BCUT2D eigenvalue weighted by atomic mass is 16.6. The number of hydrazine groups is 1. The van der Waals surface area contributed by atoms with Gasteiger partial charge in [-0.25, -0.2) is 10.2 Å². The Labute approximate surface area is 137 Å². The summed E-state index contributed by atoms with van der Waals surface area (Å²) in [6.07, 6.45) is -0.586. The average Bonchev–Trinajstić information content (AvgIpc) is 2.49. The molecule has 0 bridgehead atoms. The minimum atomic E-state index is -0.586. The number of carbonyl (C=O) groups excluding carboxylic acids is 1. The Morgan fingerprint density at radius 1 is 1.17 bits per heavy atom. The van der Waals surface area contributed by atoms with Crippen molar-refractivity contribution in [2.75, 3.05) is 26.9 Å². The zero-order valence-corrected chi connectivity index (χ0v) is 14.1. The molecule has 0 saturated heterocycles. The van der Waals surface area contributed by atoms with Crippen molar-refractivity contribution in [2.24, 2.45) is 4.99 Å². The maximum atomic E-state index is 11.7. The normalized spacial score (nSPS) is 11.7. The number of amides is 1. The summed E-state index contributed by atoms with van der Waals surface area (Å²) < 4.78 is 15.7. The van der Waals surface area contributed by atoms with Crippen LogP contribution in [0.3, 0.4) is 0 Å². The van der Waals surface area contributed by atoms with E-state index in [0.717, 1.165) is 0 Å². The predicted octanol–water partition coefficient (Wildman–Crippen LogP) is 2.14. The maximum Gasteiger partial charge on any atom is 0.426 e. The van der Waals surface area contributed by atoms with Crippen LogP contribution < -0.4 is 15.6 Å². The van der Waals surface area contributed by atoms with Crippen LogP contribution in [0.1, 0.15) is 20.8 Å². The Morgan fingerprint density at radius 2 is 1.87 bits per heavy atom. The van der Waals surface area contributed by atoms with Crippen molar-refractivity contribution < 1.29 is 19.0 Å². The van der Waals surface area contributed by atoms with Crippen molar-refractivity contribution in [3.63, 3.8) is 0 Å². The first kappa shape index (κ1) is 18.8. The lowest BCUT2D eigenvalue weighted by molar-refractivity contribution is 0.0512. The van der Waals surface area contributed by atoms with Crippen LogP contribution in [-0.4, -0.2) is 44.4 Å². The number of methoxy groups -OCH3 is 1. The summed E-state index contributed by atoms with van der Waals surface area (Å²) in [6, 6.07) is 9.35. The van der Waals surface area contributed by atoms with E-state index >= 15 is 0 Å². The molecule has 0 atom stereocenters. The van der Waals surface area contributed by atoms with E-state index < -0.39 is 11.7 Å². The molecule has 7 heteroatoms. The lowest BCUT2D eigenvalue weighted by Gasteiger charge is -2.20. The van der Waals surface area contributed by atoms with Crippen molar-refractivity contribution >= 4 is 11.9 Å². The van der Waals surface area contributed by atoms with Gasteiger partial charge in [-0.15, -0.1) is 0 Å². The highest BCUT2D eigenvalue weighted by Crippen LogP contribution is 2.08. The number of nitrogens with one attached hydrogen (secondary N) is 2. The van der Waals surface area contributed by atoms with Crippen LogP contribution >= 0.6 is 0 Å². The molecule has 1 rings (SSSR count). The second-order valence-corrected chi connectivity index (χ2v) is 5.67. The molecule has 0 heterocycles. The molecule has 0 saturated carbocycles. The summed E-state index contributed by atoms with van der Waals surface area (Å²) in [5, 5.41) is 0. The van der Waals surface area contributed by atoms with E-state index in [1.165, 1.54) is 0 Å². The van der Waals surface area contributed by atoms with Crippen LogP contribution in [0.2, 0.25) is 0 Å². The number of hydrogen-bond acceptors (Lipinski definition) is 5. The molecule has 0 aliphatic rings. The molecule has 1 aromatic rings. The van der Waals surface area contributed by atoms with E-state index in [-0.39, 0.29) is 6.61 Å². The topological polar surface area (TPSA) is 81.2 Å². The second-order valence-electron chi connectivity index (χ2n) is 5.67. The maximum absolute atomic E-state index is 11.7. The quantitative estimate of drug-likeness (QED) is 0.363. The average molecular weight is 323 g/mol. The van der Waals surface area contributed by atoms with Crippen LogP contribution in [0.5, 0.6) is 5.75 Å². The van der Waals surface area contributed by atoms with Gasteiger partial charge in [0.05, 0.1) is 13.2 Å². The lowest BCUT2D eigenvalue weighted by Crippen LogP contribution is -2.46. The van der Waals surface area contributed by atoms with E-state index in [4.69, 9.17) is 14.2 Å². The molecular formula is C16H25N3O4. The highest BCUT2D eigenvalue weighted by molar-refractivity contribution is 5.85. The van der Waals surface area contributed by atoms with Crippen molar-refractivity contribution in [3.05, 3.63) is 30.3 Å². The summed E-state index contributed by atoms with van der Waals surface area (Å²) in [5.74, 6) is 1.18. The number of benzene rings is 1. The minimum Gasteiger partial charge on any atom is -0.486 e. The number of nitrogens with zero attached hydrogens (tertiary/aromatic N) is 1. The van der Waals surface area contributed by atoms with Crippen LogP contribution in [0.25, 0.3) is 0 Å². The Hall–Kier alpha value is -2.28. The van der Waals surface area contributed by atoms with Crippen LogP contribution in [-0.2, 0) is 9.47 Å². The zero-order chi connectivity index (χ0) is 17.1. The van der Waals surface area contributed by atoms with E-state index in [1.807, 2.05) is 30.3 Å². The van der Waals surface area contributed by atoms with E-state index in [2.05, 4.69) is 15.8 Å². The van der Waals surface area contributed by atoms with Crippen molar-refractivity contribution in [1.82, 2.24) is 10.9 Å². The largest absolute Gasteiger partial charge is 0.486 e. The van der Waals surface area contributed by atoms with Gasteiger partial charge in [-0.3, -0.25) is 10.4 Å². The minimum absolute atomic E-state index is 0.184. The fourth-order valence-electron chi connectivity index (χ4n) is 1.49. The number of rotatable bonds is 6. The molecule has 0 spiro atoms. The van der Waals surface area contributed by atoms with Crippen molar-refractivity contribution in [2.45, 2.75) is 26.4 Å². The summed E-state index contributed by atoms with van der Waals surface area (Å²) >= 11 is 0. The van der Waals surface area contributed by atoms with Gasteiger partial charge in [0.25, 0.3) is 0 Å². The third-order valence-electron chi connectivity index (χ3n) is 2.42. The number of para-hydroxylation sites is 1.